The van der Waals surface area contributed by atoms with E-state index in [9.17, 15) is 14.0 Å². The van der Waals surface area contributed by atoms with Gasteiger partial charge in [0.2, 0.25) is 5.91 Å². The first-order valence-corrected chi connectivity index (χ1v) is 10.6. The van der Waals surface area contributed by atoms with Crippen LogP contribution in [0.4, 0.5) is 15.8 Å². The molecule has 0 spiro atoms. The van der Waals surface area contributed by atoms with Crippen LogP contribution in [0.1, 0.15) is 38.1 Å². The third-order valence-corrected chi connectivity index (χ3v) is 5.22. The fourth-order valence-electron chi connectivity index (χ4n) is 4.06. The maximum atomic E-state index is 13.4. The van der Waals surface area contributed by atoms with Crippen molar-refractivity contribution in [3.8, 4) is 0 Å². The lowest BCUT2D eigenvalue weighted by Gasteiger charge is -2.41. The lowest BCUT2D eigenvalue weighted by molar-refractivity contribution is -0.130. The summed E-state index contributed by atoms with van der Waals surface area (Å²) in [6.07, 6.45) is 0.125. The summed E-state index contributed by atoms with van der Waals surface area (Å²) in [6.45, 7) is 9.46. The average molecular weight is 428 g/mol. The fraction of sp³-hybridized carbons (Fsp3) is 0.417. The molecule has 2 aromatic carbocycles. The van der Waals surface area contributed by atoms with Gasteiger partial charge in [-0.15, -0.1) is 0 Å². The SMILES string of the molecule is CC1CN(C(C(=O)Nc2cccc(C(=O)Nc3cccc(F)c3)c2)C(C)C)CC(C)O1. The van der Waals surface area contributed by atoms with Crippen LogP contribution >= 0.6 is 0 Å². The van der Waals surface area contributed by atoms with Crippen LogP contribution in [0.25, 0.3) is 0 Å². The number of rotatable bonds is 6. The maximum Gasteiger partial charge on any atom is 0.255 e. The monoisotopic (exact) mass is 427 g/mol. The first-order valence-electron chi connectivity index (χ1n) is 10.6. The number of ether oxygens (including phenoxy) is 1. The van der Waals surface area contributed by atoms with Crippen molar-refractivity contribution in [3.63, 3.8) is 0 Å². The van der Waals surface area contributed by atoms with Gasteiger partial charge in [-0.1, -0.05) is 26.0 Å². The second-order valence-corrected chi connectivity index (χ2v) is 8.43. The molecule has 1 saturated heterocycles. The number of carbonyl (C=O) groups is 2. The summed E-state index contributed by atoms with van der Waals surface area (Å²) in [5.41, 5.74) is 1.28. The number of halogens is 1. The molecule has 3 unspecified atom stereocenters. The van der Waals surface area contributed by atoms with E-state index in [1.807, 2.05) is 27.7 Å². The van der Waals surface area contributed by atoms with Crippen molar-refractivity contribution in [2.45, 2.75) is 45.9 Å². The third kappa shape index (κ3) is 6.12. The van der Waals surface area contributed by atoms with Gasteiger partial charge in [-0.05, 0) is 56.2 Å². The van der Waals surface area contributed by atoms with E-state index in [1.54, 1.807) is 30.3 Å². The smallest absolute Gasteiger partial charge is 0.255 e. The van der Waals surface area contributed by atoms with Gasteiger partial charge in [0.25, 0.3) is 5.91 Å². The van der Waals surface area contributed by atoms with E-state index in [4.69, 9.17) is 4.74 Å². The number of hydrogen-bond donors (Lipinski definition) is 2. The standard InChI is InChI=1S/C24H30FN3O3/c1-15(2)22(28-13-16(3)31-17(4)14-28)24(30)27-20-9-5-7-18(11-20)23(29)26-21-10-6-8-19(25)12-21/h5-12,15-17,22H,13-14H2,1-4H3,(H,26,29)(H,27,30). The van der Waals surface area contributed by atoms with E-state index in [2.05, 4.69) is 15.5 Å². The average Bonchev–Trinajstić information content (AvgIpc) is 2.67. The molecule has 0 aromatic heterocycles. The number of benzene rings is 2. The van der Waals surface area contributed by atoms with Crippen LogP contribution < -0.4 is 10.6 Å². The molecule has 166 valence electrons. The van der Waals surface area contributed by atoms with Crippen molar-refractivity contribution in [2.75, 3.05) is 23.7 Å². The second-order valence-electron chi connectivity index (χ2n) is 8.43. The highest BCUT2D eigenvalue weighted by atomic mass is 19.1. The number of amides is 2. The van der Waals surface area contributed by atoms with Gasteiger partial charge in [-0.25, -0.2) is 4.39 Å². The van der Waals surface area contributed by atoms with E-state index in [-0.39, 0.29) is 36.0 Å². The Morgan fingerprint density at radius 3 is 2.23 bits per heavy atom. The molecule has 0 radical (unpaired) electrons. The van der Waals surface area contributed by atoms with Crippen molar-refractivity contribution in [1.29, 1.82) is 0 Å². The minimum atomic E-state index is -0.426. The summed E-state index contributed by atoms with van der Waals surface area (Å²) >= 11 is 0. The fourth-order valence-corrected chi connectivity index (χ4v) is 4.06. The molecule has 31 heavy (non-hydrogen) atoms. The van der Waals surface area contributed by atoms with Crippen LogP contribution in [-0.2, 0) is 9.53 Å². The lowest BCUT2D eigenvalue weighted by Crippen LogP contribution is -2.55. The summed E-state index contributed by atoms with van der Waals surface area (Å²) in [7, 11) is 0. The molecule has 1 aliphatic heterocycles. The number of carbonyl (C=O) groups excluding carboxylic acids is 2. The van der Waals surface area contributed by atoms with Crippen LogP contribution in [0, 0.1) is 11.7 Å². The number of nitrogens with zero attached hydrogens (tertiary/aromatic N) is 1. The van der Waals surface area contributed by atoms with Gasteiger partial charge >= 0.3 is 0 Å². The highest BCUT2D eigenvalue weighted by Gasteiger charge is 2.34. The zero-order chi connectivity index (χ0) is 22.5. The molecule has 1 aliphatic rings. The molecule has 2 aromatic rings. The molecule has 0 aliphatic carbocycles. The zero-order valence-corrected chi connectivity index (χ0v) is 18.4. The van der Waals surface area contributed by atoms with Crippen molar-refractivity contribution in [1.82, 2.24) is 4.90 Å². The van der Waals surface area contributed by atoms with E-state index in [0.29, 0.717) is 30.0 Å². The van der Waals surface area contributed by atoms with Gasteiger partial charge in [0, 0.05) is 30.0 Å². The minimum absolute atomic E-state index is 0.0626. The molecule has 0 saturated carbocycles. The summed E-state index contributed by atoms with van der Waals surface area (Å²) in [5.74, 6) is -0.806. The van der Waals surface area contributed by atoms with Gasteiger partial charge in [0.1, 0.15) is 5.82 Å². The Bertz CT molecular complexity index is 924. The van der Waals surface area contributed by atoms with Gasteiger partial charge in [0.15, 0.2) is 0 Å². The predicted octanol–water partition coefficient (Wildman–Crippen LogP) is 4.15. The zero-order valence-electron chi connectivity index (χ0n) is 18.4. The number of anilines is 2. The summed E-state index contributed by atoms with van der Waals surface area (Å²) in [4.78, 5) is 27.9. The normalized spacial score (nSPS) is 20.3. The molecule has 6 nitrogen and oxygen atoms in total. The molecule has 3 rings (SSSR count). The molecule has 0 bridgehead atoms. The minimum Gasteiger partial charge on any atom is -0.373 e. The quantitative estimate of drug-likeness (QED) is 0.727. The molecule has 7 heteroatoms. The Balaban J connectivity index is 1.71. The number of hydrogen-bond acceptors (Lipinski definition) is 4. The third-order valence-electron chi connectivity index (χ3n) is 5.22. The first kappa shape index (κ1) is 22.9. The Morgan fingerprint density at radius 1 is 1.00 bits per heavy atom. The van der Waals surface area contributed by atoms with Crippen LogP contribution in [0.15, 0.2) is 48.5 Å². The van der Waals surface area contributed by atoms with Gasteiger partial charge in [-0.3, -0.25) is 14.5 Å². The second kappa shape index (κ2) is 10.0. The molecule has 2 amide bonds. The van der Waals surface area contributed by atoms with Crippen LogP contribution in [0.5, 0.6) is 0 Å². The Hall–Kier alpha value is -2.77. The van der Waals surface area contributed by atoms with E-state index in [0.717, 1.165) is 0 Å². The highest BCUT2D eigenvalue weighted by Crippen LogP contribution is 2.21. The number of morpholine rings is 1. The molecule has 1 fully saturated rings. The topological polar surface area (TPSA) is 70.7 Å². The maximum absolute atomic E-state index is 13.4. The van der Waals surface area contributed by atoms with Gasteiger partial charge < -0.3 is 15.4 Å². The van der Waals surface area contributed by atoms with Crippen molar-refractivity contribution < 1.29 is 18.7 Å². The lowest BCUT2D eigenvalue weighted by atomic mass is 9.99. The van der Waals surface area contributed by atoms with Crippen LogP contribution in [-0.4, -0.2) is 48.1 Å². The van der Waals surface area contributed by atoms with Crippen molar-refractivity contribution in [3.05, 3.63) is 59.9 Å². The summed E-state index contributed by atoms with van der Waals surface area (Å²) in [5, 5.41) is 5.63. The van der Waals surface area contributed by atoms with Crippen LogP contribution in [0.3, 0.4) is 0 Å². The Kier molecular flexibility index (Phi) is 7.41. The Morgan fingerprint density at radius 2 is 1.61 bits per heavy atom. The predicted molar refractivity (Wildman–Crippen MR) is 120 cm³/mol. The first-order chi connectivity index (χ1) is 14.7. The van der Waals surface area contributed by atoms with Gasteiger partial charge in [0.05, 0.1) is 18.2 Å². The van der Waals surface area contributed by atoms with Crippen LogP contribution in [0.2, 0.25) is 0 Å². The molecular formula is C24H30FN3O3. The van der Waals surface area contributed by atoms with Gasteiger partial charge in [-0.2, -0.15) is 0 Å². The van der Waals surface area contributed by atoms with E-state index >= 15 is 0 Å². The summed E-state index contributed by atoms with van der Waals surface area (Å²) < 4.78 is 19.2. The number of nitrogens with one attached hydrogen (secondary N) is 2. The Labute approximate surface area is 182 Å². The highest BCUT2D eigenvalue weighted by molar-refractivity contribution is 6.05. The van der Waals surface area contributed by atoms with E-state index < -0.39 is 5.82 Å². The van der Waals surface area contributed by atoms with Crippen molar-refractivity contribution in [2.24, 2.45) is 5.92 Å². The molecule has 3 atom stereocenters. The van der Waals surface area contributed by atoms with E-state index in [1.165, 1.54) is 18.2 Å². The molecular weight excluding hydrogens is 397 g/mol. The summed E-state index contributed by atoms with van der Waals surface area (Å²) in [6, 6.07) is 12.1. The molecule has 2 N–H and O–H groups in total. The molecule has 1 heterocycles. The largest absolute Gasteiger partial charge is 0.373 e. The van der Waals surface area contributed by atoms with Crippen molar-refractivity contribution >= 4 is 23.2 Å².